The van der Waals surface area contributed by atoms with Crippen molar-refractivity contribution in [3.63, 3.8) is 0 Å². The lowest BCUT2D eigenvalue weighted by Crippen LogP contribution is -2.34. The predicted octanol–water partition coefficient (Wildman–Crippen LogP) is 4.45. The van der Waals surface area contributed by atoms with Crippen molar-refractivity contribution in [1.82, 2.24) is 0 Å². The standard InChI is InChI=1S/C20H21F3O5/c1-12-16(20(21,22)23)9-8-14(24)7-5-3-4-6-13-10-15(27-2)11-17(25)18(13)19(26)28-12/h4,6,8-12,16,25H,3,5,7H2,1-2H3/b6-4+,9-8-. The molecule has 0 fully saturated rings. The van der Waals surface area contributed by atoms with E-state index in [4.69, 9.17) is 9.47 Å². The molecule has 152 valence electrons. The summed E-state index contributed by atoms with van der Waals surface area (Å²) in [6.07, 6.45) is -0.476. The number of ketones is 1. The Balaban J connectivity index is 2.49. The van der Waals surface area contributed by atoms with Crippen LogP contribution in [-0.4, -0.2) is 36.2 Å². The summed E-state index contributed by atoms with van der Waals surface area (Å²) >= 11 is 0. The van der Waals surface area contributed by atoms with Gasteiger partial charge in [-0.2, -0.15) is 13.2 Å². The van der Waals surface area contributed by atoms with E-state index in [0.717, 1.165) is 19.1 Å². The Hall–Kier alpha value is -2.77. The maximum atomic E-state index is 13.4. The number of hydrogen-bond donors (Lipinski definition) is 1. The molecule has 28 heavy (non-hydrogen) atoms. The molecule has 1 aliphatic rings. The predicted molar refractivity (Wildman–Crippen MR) is 96.1 cm³/mol. The van der Waals surface area contributed by atoms with Gasteiger partial charge in [0.1, 0.15) is 29.1 Å². The highest BCUT2D eigenvalue weighted by Crippen LogP contribution is 2.34. The van der Waals surface area contributed by atoms with Gasteiger partial charge < -0.3 is 14.6 Å². The van der Waals surface area contributed by atoms with Crippen molar-refractivity contribution < 1.29 is 37.3 Å². The summed E-state index contributed by atoms with van der Waals surface area (Å²) in [5, 5.41) is 10.2. The Bertz CT molecular complexity index is 796. The minimum absolute atomic E-state index is 0.0931. The van der Waals surface area contributed by atoms with Crippen molar-refractivity contribution in [2.24, 2.45) is 5.92 Å². The van der Waals surface area contributed by atoms with Crippen LogP contribution < -0.4 is 4.74 Å². The summed E-state index contributed by atoms with van der Waals surface area (Å²) in [6, 6.07) is 2.65. The largest absolute Gasteiger partial charge is 0.507 e. The van der Waals surface area contributed by atoms with Crippen LogP contribution >= 0.6 is 0 Å². The number of fused-ring (bicyclic) bond motifs is 1. The van der Waals surface area contributed by atoms with Gasteiger partial charge in [-0.3, -0.25) is 4.79 Å². The lowest BCUT2D eigenvalue weighted by atomic mass is 9.99. The minimum atomic E-state index is -4.71. The van der Waals surface area contributed by atoms with Crippen molar-refractivity contribution >= 4 is 17.8 Å². The number of benzene rings is 1. The molecule has 0 aliphatic carbocycles. The number of phenols is 1. The lowest BCUT2D eigenvalue weighted by molar-refractivity contribution is -0.182. The average molecular weight is 398 g/mol. The fourth-order valence-electron chi connectivity index (χ4n) is 2.83. The highest BCUT2D eigenvalue weighted by molar-refractivity contribution is 5.97. The van der Waals surface area contributed by atoms with Gasteiger partial charge in [0.05, 0.1) is 7.11 Å². The van der Waals surface area contributed by atoms with E-state index in [1.54, 1.807) is 6.08 Å². The van der Waals surface area contributed by atoms with Crippen molar-refractivity contribution in [2.75, 3.05) is 7.11 Å². The molecule has 1 N–H and O–H groups in total. The van der Waals surface area contributed by atoms with E-state index < -0.39 is 35.7 Å². The number of aromatic hydroxyl groups is 1. The fraction of sp³-hybridized carbons (Fsp3) is 0.400. The van der Waals surface area contributed by atoms with E-state index in [-0.39, 0.29) is 23.3 Å². The third-order valence-corrected chi connectivity index (χ3v) is 4.32. The van der Waals surface area contributed by atoms with Crippen LogP contribution in [0.25, 0.3) is 6.08 Å². The molecular weight excluding hydrogens is 377 g/mol. The number of esters is 1. The smallest absolute Gasteiger partial charge is 0.398 e. The number of rotatable bonds is 1. The molecule has 1 aliphatic heterocycles. The Morgan fingerprint density at radius 2 is 1.93 bits per heavy atom. The van der Waals surface area contributed by atoms with Crippen LogP contribution in [0.5, 0.6) is 11.5 Å². The van der Waals surface area contributed by atoms with E-state index in [1.807, 2.05) is 0 Å². The van der Waals surface area contributed by atoms with Crippen molar-refractivity contribution in [3.05, 3.63) is 41.5 Å². The van der Waals surface area contributed by atoms with Crippen molar-refractivity contribution in [2.45, 2.75) is 38.5 Å². The molecule has 0 saturated heterocycles. The van der Waals surface area contributed by atoms with E-state index in [2.05, 4.69) is 0 Å². The summed E-state index contributed by atoms with van der Waals surface area (Å²) in [7, 11) is 1.38. The second kappa shape index (κ2) is 8.95. The Labute approximate surface area is 160 Å². The molecule has 0 saturated carbocycles. The Morgan fingerprint density at radius 3 is 2.57 bits per heavy atom. The van der Waals surface area contributed by atoms with Crippen LogP contribution in [0.15, 0.2) is 30.4 Å². The number of hydrogen-bond acceptors (Lipinski definition) is 5. The number of phenolic OH excluding ortho intramolecular Hbond substituents is 1. The van der Waals surface area contributed by atoms with Gasteiger partial charge in [-0.15, -0.1) is 0 Å². The summed E-state index contributed by atoms with van der Waals surface area (Å²) in [4.78, 5) is 24.3. The zero-order chi connectivity index (χ0) is 20.9. The van der Waals surface area contributed by atoms with Gasteiger partial charge in [0, 0.05) is 12.5 Å². The summed E-state index contributed by atoms with van der Waals surface area (Å²) in [5.41, 5.74) is -0.00141. The van der Waals surface area contributed by atoms with Crippen LogP contribution in [-0.2, 0) is 9.53 Å². The minimum Gasteiger partial charge on any atom is -0.507 e. The van der Waals surface area contributed by atoms with Crippen molar-refractivity contribution in [3.8, 4) is 11.5 Å². The maximum Gasteiger partial charge on any atom is 0.398 e. The van der Waals surface area contributed by atoms with Gasteiger partial charge in [0.25, 0.3) is 0 Å². The molecule has 0 aromatic heterocycles. The molecule has 0 spiro atoms. The third-order valence-electron chi connectivity index (χ3n) is 4.32. The van der Waals surface area contributed by atoms with E-state index >= 15 is 0 Å². The summed E-state index contributed by atoms with van der Waals surface area (Å²) in [6.45, 7) is 1.09. The quantitative estimate of drug-likeness (QED) is 0.708. The molecule has 1 heterocycles. The van der Waals surface area contributed by atoms with Gasteiger partial charge in [0.15, 0.2) is 5.78 Å². The summed E-state index contributed by atoms with van der Waals surface area (Å²) in [5.74, 6) is -3.87. The van der Waals surface area contributed by atoms with Crippen LogP contribution in [0.4, 0.5) is 13.2 Å². The second-order valence-electron chi connectivity index (χ2n) is 6.41. The second-order valence-corrected chi connectivity index (χ2v) is 6.41. The molecule has 0 radical (unpaired) electrons. The third kappa shape index (κ3) is 5.37. The van der Waals surface area contributed by atoms with Gasteiger partial charge in [-0.1, -0.05) is 18.2 Å². The first-order valence-electron chi connectivity index (χ1n) is 8.69. The van der Waals surface area contributed by atoms with E-state index in [0.29, 0.717) is 12.8 Å². The molecule has 1 aromatic carbocycles. The number of carbonyl (C=O) groups is 2. The molecule has 1 aromatic rings. The van der Waals surface area contributed by atoms with E-state index in [9.17, 15) is 27.9 Å². The van der Waals surface area contributed by atoms with Crippen LogP contribution in [0, 0.1) is 5.92 Å². The number of methoxy groups -OCH3 is 1. The molecule has 2 rings (SSSR count). The number of cyclic esters (lactones) is 1. The highest BCUT2D eigenvalue weighted by atomic mass is 19.4. The average Bonchev–Trinajstić information content (AvgIpc) is 2.59. The maximum absolute atomic E-state index is 13.4. The SMILES string of the molecule is COc1cc(O)c2c(c1)/C=C/CCCC(=O)/C=C\C(C(F)(F)F)C(C)OC2=O. The van der Waals surface area contributed by atoms with E-state index in [1.165, 1.54) is 25.3 Å². The first-order valence-corrected chi connectivity index (χ1v) is 8.69. The van der Waals surface area contributed by atoms with Crippen LogP contribution in [0.3, 0.4) is 0 Å². The van der Waals surface area contributed by atoms with Gasteiger partial charge in [-0.25, -0.2) is 4.79 Å². The zero-order valence-electron chi connectivity index (χ0n) is 15.5. The monoisotopic (exact) mass is 398 g/mol. The summed E-state index contributed by atoms with van der Waals surface area (Å²) < 4.78 is 50.1. The fourth-order valence-corrected chi connectivity index (χ4v) is 2.83. The van der Waals surface area contributed by atoms with Gasteiger partial charge in [0.2, 0.25) is 0 Å². The van der Waals surface area contributed by atoms with Gasteiger partial charge in [-0.05, 0) is 37.5 Å². The number of ether oxygens (including phenoxy) is 2. The molecule has 2 atom stereocenters. The van der Waals surface area contributed by atoms with Crippen LogP contribution in [0.2, 0.25) is 0 Å². The zero-order valence-corrected chi connectivity index (χ0v) is 15.5. The number of halogens is 3. The topological polar surface area (TPSA) is 72.8 Å². The number of alkyl halides is 3. The molecule has 2 unspecified atom stereocenters. The highest BCUT2D eigenvalue weighted by Gasteiger charge is 2.43. The Kier molecular flexibility index (Phi) is 6.88. The molecule has 8 heteroatoms. The molecule has 5 nitrogen and oxygen atoms in total. The Morgan fingerprint density at radius 1 is 1.21 bits per heavy atom. The molecule has 0 amide bonds. The number of carbonyl (C=O) groups excluding carboxylic acids is 2. The normalized spacial score (nSPS) is 23.9. The van der Waals surface area contributed by atoms with Crippen molar-refractivity contribution in [1.29, 1.82) is 0 Å². The molecular formula is C20H21F3O5. The molecule has 0 bridgehead atoms. The number of allylic oxidation sites excluding steroid dienone is 2. The van der Waals surface area contributed by atoms with Crippen LogP contribution in [0.1, 0.15) is 42.1 Å². The van der Waals surface area contributed by atoms with Gasteiger partial charge >= 0.3 is 12.1 Å². The first-order chi connectivity index (χ1) is 13.1. The first kappa shape index (κ1) is 21.5. The lowest BCUT2D eigenvalue weighted by Gasteiger charge is -2.24.